The molecular weight excluding hydrogens is 356 g/mol. The molecule has 0 saturated carbocycles. The van der Waals surface area contributed by atoms with Gasteiger partial charge in [-0.15, -0.1) is 11.3 Å². The van der Waals surface area contributed by atoms with Crippen LogP contribution in [0.1, 0.15) is 36.9 Å². The molecule has 132 valence electrons. The smallest absolute Gasteiger partial charge is 0.237 e. The molecule has 0 aromatic carbocycles. The molecule has 0 spiro atoms. The van der Waals surface area contributed by atoms with E-state index in [4.69, 9.17) is 4.52 Å². The first-order valence-corrected chi connectivity index (χ1v) is 9.66. The lowest BCUT2D eigenvalue weighted by Crippen LogP contribution is -2.14. The number of thiophene rings is 1. The predicted molar refractivity (Wildman–Crippen MR) is 101 cm³/mol. The minimum atomic E-state index is -0.155. The highest BCUT2D eigenvalue weighted by atomic mass is 32.2. The maximum atomic E-state index is 12.2. The standard InChI is InChI=1S/C17H20N4O2S2/c1-9-10(2)25-16-14(9)15(18-8-19-16)24-7-12(22)20-13-6-11(21-23-13)17(3,4)5/h6,8H,7H2,1-5H3,(H,20,22). The predicted octanol–water partition coefficient (Wildman–Crippen LogP) is 4.32. The Morgan fingerprint density at radius 1 is 1.32 bits per heavy atom. The average molecular weight is 377 g/mol. The van der Waals surface area contributed by atoms with Gasteiger partial charge in [0.25, 0.3) is 0 Å². The topological polar surface area (TPSA) is 80.9 Å². The second-order valence-corrected chi connectivity index (χ2v) is 8.97. The number of amides is 1. The largest absolute Gasteiger partial charge is 0.338 e. The van der Waals surface area contributed by atoms with Crippen molar-refractivity contribution in [1.82, 2.24) is 15.1 Å². The lowest BCUT2D eigenvalue weighted by atomic mass is 9.92. The van der Waals surface area contributed by atoms with Crippen LogP contribution in [0.15, 0.2) is 21.9 Å². The number of rotatable bonds is 4. The van der Waals surface area contributed by atoms with Gasteiger partial charge in [-0.1, -0.05) is 37.7 Å². The summed E-state index contributed by atoms with van der Waals surface area (Å²) in [6.45, 7) is 10.2. The molecule has 3 aromatic heterocycles. The van der Waals surface area contributed by atoms with Crippen LogP contribution < -0.4 is 5.32 Å². The summed E-state index contributed by atoms with van der Waals surface area (Å²) >= 11 is 3.05. The van der Waals surface area contributed by atoms with Gasteiger partial charge in [-0.05, 0) is 19.4 Å². The van der Waals surface area contributed by atoms with Crippen molar-refractivity contribution in [2.75, 3.05) is 11.1 Å². The van der Waals surface area contributed by atoms with Gasteiger partial charge in [0.1, 0.15) is 16.2 Å². The van der Waals surface area contributed by atoms with Crippen LogP contribution in [0.3, 0.4) is 0 Å². The van der Waals surface area contributed by atoms with E-state index in [0.29, 0.717) is 5.88 Å². The first kappa shape index (κ1) is 17.9. The van der Waals surface area contributed by atoms with E-state index in [1.807, 2.05) is 20.8 Å². The fourth-order valence-corrected chi connectivity index (χ4v) is 4.17. The monoisotopic (exact) mass is 376 g/mol. The molecule has 0 aliphatic rings. The molecule has 1 N–H and O–H groups in total. The third kappa shape index (κ3) is 3.85. The van der Waals surface area contributed by atoms with Gasteiger partial charge in [-0.3, -0.25) is 10.1 Å². The average Bonchev–Trinajstić information content (AvgIpc) is 3.11. The van der Waals surface area contributed by atoms with E-state index in [-0.39, 0.29) is 17.1 Å². The van der Waals surface area contributed by atoms with Gasteiger partial charge >= 0.3 is 0 Å². The van der Waals surface area contributed by atoms with Crippen molar-refractivity contribution in [1.29, 1.82) is 0 Å². The van der Waals surface area contributed by atoms with Gasteiger partial charge in [-0.25, -0.2) is 9.97 Å². The van der Waals surface area contributed by atoms with Crippen molar-refractivity contribution >= 4 is 45.1 Å². The number of carbonyl (C=O) groups excluding carboxylic acids is 1. The zero-order valence-electron chi connectivity index (χ0n) is 14.8. The van der Waals surface area contributed by atoms with Gasteiger partial charge in [-0.2, -0.15) is 0 Å². The quantitative estimate of drug-likeness (QED) is 0.539. The van der Waals surface area contributed by atoms with Crippen molar-refractivity contribution in [2.24, 2.45) is 0 Å². The fourth-order valence-electron chi connectivity index (χ4n) is 2.25. The van der Waals surface area contributed by atoms with E-state index in [2.05, 4.69) is 34.3 Å². The van der Waals surface area contributed by atoms with Crippen molar-refractivity contribution in [3.8, 4) is 0 Å². The third-order valence-electron chi connectivity index (χ3n) is 3.81. The normalized spacial score (nSPS) is 11.9. The number of nitrogens with zero attached hydrogens (tertiary/aromatic N) is 3. The number of thioether (sulfide) groups is 1. The number of hydrogen-bond donors (Lipinski definition) is 1. The zero-order chi connectivity index (χ0) is 18.2. The van der Waals surface area contributed by atoms with Crippen LogP contribution in [0.25, 0.3) is 10.2 Å². The molecule has 0 radical (unpaired) electrons. The van der Waals surface area contributed by atoms with Crippen LogP contribution in [0.4, 0.5) is 5.88 Å². The lowest BCUT2D eigenvalue weighted by molar-refractivity contribution is -0.113. The van der Waals surface area contributed by atoms with Gasteiger partial charge in [0.15, 0.2) is 0 Å². The highest BCUT2D eigenvalue weighted by Gasteiger charge is 2.20. The fraction of sp³-hybridized carbons (Fsp3) is 0.412. The van der Waals surface area contributed by atoms with Crippen molar-refractivity contribution in [2.45, 2.75) is 45.1 Å². The molecule has 1 amide bonds. The van der Waals surface area contributed by atoms with E-state index >= 15 is 0 Å². The SMILES string of the molecule is Cc1sc2ncnc(SCC(=O)Nc3cc(C(C)(C)C)no3)c2c1C. The highest BCUT2D eigenvalue weighted by Crippen LogP contribution is 2.34. The molecule has 3 aromatic rings. The molecule has 3 rings (SSSR count). The molecule has 6 nitrogen and oxygen atoms in total. The molecule has 0 atom stereocenters. The second kappa shape index (κ2) is 6.76. The molecule has 0 unspecified atom stereocenters. The van der Waals surface area contributed by atoms with Crippen LogP contribution >= 0.6 is 23.1 Å². The summed E-state index contributed by atoms with van der Waals surface area (Å²) in [4.78, 5) is 23.0. The van der Waals surface area contributed by atoms with Gasteiger partial charge in [0, 0.05) is 21.7 Å². The molecular formula is C17H20N4O2S2. The van der Waals surface area contributed by atoms with Crippen molar-refractivity contribution < 1.29 is 9.32 Å². The first-order chi connectivity index (χ1) is 11.8. The molecule has 0 saturated heterocycles. The van der Waals surface area contributed by atoms with Crippen molar-refractivity contribution in [3.63, 3.8) is 0 Å². The van der Waals surface area contributed by atoms with Crippen molar-refractivity contribution in [3.05, 3.63) is 28.5 Å². The summed E-state index contributed by atoms with van der Waals surface area (Å²) < 4.78 is 5.19. The van der Waals surface area contributed by atoms with E-state index in [1.54, 1.807) is 23.7 Å². The van der Waals surface area contributed by atoms with Crippen LogP contribution in [-0.4, -0.2) is 26.8 Å². The van der Waals surface area contributed by atoms with E-state index in [0.717, 1.165) is 20.9 Å². The van der Waals surface area contributed by atoms with E-state index < -0.39 is 0 Å². The van der Waals surface area contributed by atoms with Gasteiger partial charge in [0.05, 0.1) is 11.4 Å². The zero-order valence-corrected chi connectivity index (χ0v) is 16.5. The summed E-state index contributed by atoms with van der Waals surface area (Å²) in [5.41, 5.74) is 1.85. The number of aromatic nitrogens is 3. The molecule has 0 fully saturated rings. The number of hydrogen-bond acceptors (Lipinski definition) is 7. The molecule has 8 heteroatoms. The summed E-state index contributed by atoms with van der Waals surface area (Å²) in [5, 5.41) is 8.61. The maximum absolute atomic E-state index is 12.2. The minimum Gasteiger partial charge on any atom is -0.338 e. The number of carbonyl (C=O) groups is 1. The van der Waals surface area contributed by atoms with E-state index in [9.17, 15) is 4.79 Å². The maximum Gasteiger partial charge on any atom is 0.237 e. The molecule has 0 aliphatic heterocycles. The molecule has 3 heterocycles. The number of aryl methyl sites for hydroxylation is 2. The molecule has 0 bridgehead atoms. The molecule has 25 heavy (non-hydrogen) atoms. The summed E-state index contributed by atoms with van der Waals surface area (Å²) in [5.74, 6) is 0.454. The lowest BCUT2D eigenvalue weighted by Gasteiger charge is -2.12. The summed E-state index contributed by atoms with van der Waals surface area (Å²) in [7, 11) is 0. The summed E-state index contributed by atoms with van der Waals surface area (Å²) in [6, 6.07) is 1.76. The Kier molecular flexibility index (Phi) is 4.83. The van der Waals surface area contributed by atoms with Crippen LogP contribution in [-0.2, 0) is 10.2 Å². The van der Waals surface area contributed by atoms with Crippen LogP contribution in [0.5, 0.6) is 0 Å². The Morgan fingerprint density at radius 3 is 2.76 bits per heavy atom. The summed E-state index contributed by atoms with van der Waals surface area (Å²) in [6.07, 6.45) is 1.55. The number of anilines is 1. The van der Waals surface area contributed by atoms with Crippen LogP contribution in [0, 0.1) is 13.8 Å². The Hall–Kier alpha value is -1.93. The number of fused-ring (bicyclic) bond motifs is 1. The second-order valence-electron chi connectivity index (χ2n) is 6.81. The number of nitrogens with one attached hydrogen (secondary N) is 1. The Morgan fingerprint density at radius 2 is 2.08 bits per heavy atom. The molecule has 0 aliphatic carbocycles. The Labute approximate surface area is 154 Å². The highest BCUT2D eigenvalue weighted by molar-refractivity contribution is 8.00. The Bertz CT molecular complexity index is 925. The van der Waals surface area contributed by atoms with Crippen LogP contribution in [0.2, 0.25) is 0 Å². The minimum absolute atomic E-state index is 0.123. The van der Waals surface area contributed by atoms with E-state index in [1.165, 1.54) is 22.2 Å². The third-order valence-corrected chi connectivity index (χ3v) is 5.92. The first-order valence-electron chi connectivity index (χ1n) is 7.86. The van der Waals surface area contributed by atoms with Gasteiger partial charge < -0.3 is 4.52 Å². The van der Waals surface area contributed by atoms with Gasteiger partial charge in [0.2, 0.25) is 11.8 Å². The Balaban J connectivity index is 1.68.